The van der Waals surface area contributed by atoms with Crippen LogP contribution >= 0.6 is 0 Å². The van der Waals surface area contributed by atoms with E-state index in [0.717, 1.165) is 5.56 Å². The molecule has 0 saturated heterocycles. The van der Waals surface area contributed by atoms with Crippen LogP contribution < -0.4 is 10.3 Å². The Labute approximate surface area is 114 Å². The Morgan fingerprint density at radius 2 is 2.00 bits per heavy atom. The molecular weight excluding hydrogens is 256 g/mol. The maximum absolute atomic E-state index is 11.6. The quantitative estimate of drug-likeness (QED) is 0.763. The molecule has 3 rings (SSSR count). The van der Waals surface area contributed by atoms with Gasteiger partial charge in [-0.3, -0.25) is 4.79 Å². The van der Waals surface area contributed by atoms with Crippen LogP contribution in [-0.2, 0) is 6.61 Å². The molecule has 2 aromatic carbocycles. The zero-order valence-electron chi connectivity index (χ0n) is 10.5. The Hall–Kier alpha value is -2.82. The predicted octanol–water partition coefficient (Wildman–Crippen LogP) is 2.21. The molecule has 1 aromatic heterocycles. The second-order valence-electron chi connectivity index (χ2n) is 4.34. The van der Waals surface area contributed by atoms with E-state index in [2.05, 4.69) is 9.97 Å². The van der Waals surface area contributed by atoms with Gasteiger partial charge in [0.15, 0.2) is 11.5 Å². The van der Waals surface area contributed by atoms with Crippen molar-refractivity contribution in [2.45, 2.75) is 6.61 Å². The number of hydrogen-bond acceptors (Lipinski definition) is 4. The van der Waals surface area contributed by atoms with Crippen molar-refractivity contribution in [3.63, 3.8) is 0 Å². The predicted molar refractivity (Wildman–Crippen MR) is 74.8 cm³/mol. The molecule has 0 radical (unpaired) electrons. The number of benzene rings is 2. The van der Waals surface area contributed by atoms with Crippen molar-refractivity contribution in [2.75, 3.05) is 0 Å². The minimum absolute atomic E-state index is 0.0769. The van der Waals surface area contributed by atoms with Gasteiger partial charge in [0.2, 0.25) is 0 Å². The smallest absolute Gasteiger partial charge is 0.258 e. The molecule has 0 saturated carbocycles. The third kappa shape index (κ3) is 2.33. The van der Waals surface area contributed by atoms with Gasteiger partial charge in [-0.1, -0.05) is 30.3 Å². The van der Waals surface area contributed by atoms with Gasteiger partial charge in [0, 0.05) is 6.07 Å². The molecule has 0 aliphatic rings. The summed E-state index contributed by atoms with van der Waals surface area (Å²) in [5.41, 5.74) is 1.18. The molecule has 0 aliphatic heterocycles. The molecule has 5 heteroatoms. The molecule has 0 unspecified atom stereocenters. The minimum atomic E-state index is -0.292. The number of phenolic OH excluding ortho intramolecular Hbond substituents is 1. The molecule has 20 heavy (non-hydrogen) atoms. The highest BCUT2D eigenvalue weighted by molar-refractivity contribution is 5.81. The Morgan fingerprint density at radius 3 is 2.80 bits per heavy atom. The summed E-state index contributed by atoms with van der Waals surface area (Å²) < 4.78 is 5.57. The average Bonchev–Trinajstić information content (AvgIpc) is 2.47. The lowest BCUT2D eigenvalue weighted by atomic mass is 10.2. The third-order valence-corrected chi connectivity index (χ3v) is 2.96. The molecule has 0 atom stereocenters. The largest absolute Gasteiger partial charge is 0.504 e. The lowest BCUT2D eigenvalue weighted by molar-refractivity contribution is 0.289. The zero-order chi connectivity index (χ0) is 13.9. The van der Waals surface area contributed by atoms with E-state index in [-0.39, 0.29) is 11.3 Å². The van der Waals surface area contributed by atoms with Gasteiger partial charge >= 0.3 is 0 Å². The number of ether oxygens (including phenoxy) is 1. The number of hydrogen-bond donors (Lipinski definition) is 2. The van der Waals surface area contributed by atoms with Crippen LogP contribution in [-0.4, -0.2) is 15.1 Å². The van der Waals surface area contributed by atoms with Crippen LogP contribution in [0, 0.1) is 0 Å². The Bertz CT molecular complexity index is 797. The molecule has 100 valence electrons. The summed E-state index contributed by atoms with van der Waals surface area (Å²) in [6.07, 6.45) is 1.32. The molecule has 2 N–H and O–H groups in total. The fraction of sp³-hybridized carbons (Fsp3) is 0.0667. The van der Waals surface area contributed by atoms with E-state index in [1.807, 2.05) is 30.3 Å². The molecule has 0 bridgehead atoms. The van der Waals surface area contributed by atoms with E-state index in [4.69, 9.17) is 4.74 Å². The van der Waals surface area contributed by atoms with Gasteiger partial charge < -0.3 is 14.8 Å². The van der Waals surface area contributed by atoms with Gasteiger partial charge in [-0.05, 0) is 11.6 Å². The van der Waals surface area contributed by atoms with Gasteiger partial charge in [0.05, 0.1) is 17.2 Å². The molecule has 5 nitrogen and oxygen atoms in total. The number of H-pyrrole nitrogens is 1. The molecule has 0 spiro atoms. The second kappa shape index (κ2) is 5.05. The lowest BCUT2D eigenvalue weighted by Crippen LogP contribution is -2.06. The van der Waals surface area contributed by atoms with Crippen molar-refractivity contribution in [3.8, 4) is 11.5 Å². The van der Waals surface area contributed by atoms with E-state index in [9.17, 15) is 9.90 Å². The monoisotopic (exact) mass is 268 g/mol. The van der Waals surface area contributed by atoms with Gasteiger partial charge in [-0.2, -0.15) is 0 Å². The van der Waals surface area contributed by atoms with E-state index in [1.165, 1.54) is 12.4 Å². The fourth-order valence-electron chi connectivity index (χ4n) is 1.94. The molecule has 0 fully saturated rings. The third-order valence-electron chi connectivity index (χ3n) is 2.96. The van der Waals surface area contributed by atoms with Gasteiger partial charge in [0.25, 0.3) is 5.56 Å². The van der Waals surface area contributed by atoms with Gasteiger partial charge in [-0.15, -0.1) is 0 Å². The van der Waals surface area contributed by atoms with Crippen LogP contribution in [0.5, 0.6) is 11.5 Å². The first-order chi connectivity index (χ1) is 9.74. The van der Waals surface area contributed by atoms with Crippen molar-refractivity contribution >= 4 is 10.9 Å². The van der Waals surface area contributed by atoms with Crippen molar-refractivity contribution in [1.29, 1.82) is 0 Å². The van der Waals surface area contributed by atoms with Gasteiger partial charge in [-0.25, -0.2) is 4.98 Å². The number of rotatable bonds is 3. The molecule has 1 heterocycles. The highest BCUT2D eigenvalue weighted by atomic mass is 16.5. The van der Waals surface area contributed by atoms with Crippen LogP contribution in [0.25, 0.3) is 10.9 Å². The minimum Gasteiger partial charge on any atom is -0.504 e. The summed E-state index contributed by atoms with van der Waals surface area (Å²) in [4.78, 5) is 18.1. The number of phenols is 1. The van der Waals surface area contributed by atoms with Crippen LogP contribution in [0.2, 0.25) is 0 Å². The summed E-state index contributed by atoms with van der Waals surface area (Å²) in [7, 11) is 0. The SMILES string of the molecule is O=c1[nH]cnc2cc(OCc3ccccc3)c(O)cc12. The van der Waals surface area contributed by atoms with Crippen molar-refractivity contribution in [3.05, 3.63) is 64.7 Å². The standard InChI is InChI=1S/C15H12N2O3/c18-13-6-11-12(16-9-17-15(11)19)7-14(13)20-8-10-4-2-1-3-5-10/h1-7,9,18H,8H2,(H,16,17,19). The number of aromatic nitrogens is 2. The first-order valence-corrected chi connectivity index (χ1v) is 6.11. The lowest BCUT2D eigenvalue weighted by Gasteiger charge is -2.09. The normalized spacial score (nSPS) is 10.6. The van der Waals surface area contributed by atoms with Crippen molar-refractivity contribution in [2.24, 2.45) is 0 Å². The van der Waals surface area contributed by atoms with Crippen LogP contribution in [0.15, 0.2) is 53.6 Å². The van der Waals surface area contributed by atoms with Crippen molar-refractivity contribution in [1.82, 2.24) is 9.97 Å². The fourth-order valence-corrected chi connectivity index (χ4v) is 1.94. The van der Waals surface area contributed by atoms with Crippen LogP contribution in [0.3, 0.4) is 0 Å². The van der Waals surface area contributed by atoms with E-state index >= 15 is 0 Å². The Balaban J connectivity index is 1.92. The van der Waals surface area contributed by atoms with E-state index < -0.39 is 0 Å². The number of aromatic hydroxyl groups is 1. The van der Waals surface area contributed by atoms with Crippen LogP contribution in [0.4, 0.5) is 0 Å². The van der Waals surface area contributed by atoms with Crippen molar-refractivity contribution < 1.29 is 9.84 Å². The molecular formula is C15H12N2O3. The number of nitrogens with zero attached hydrogens (tertiary/aromatic N) is 1. The maximum atomic E-state index is 11.6. The molecule has 0 aliphatic carbocycles. The topological polar surface area (TPSA) is 75.2 Å². The average molecular weight is 268 g/mol. The summed E-state index contributed by atoms with van der Waals surface area (Å²) in [6, 6.07) is 12.5. The van der Waals surface area contributed by atoms with E-state index in [1.54, 1.807) is 6.07 Å². The number of nitrogens with one attached hydrogen (secondary N) is 1. The highest BCUT2D eigenvalue weighted by Gasteiger charge is 2.08. The number of aromatic amines is 1. The van der Waals surface area contributed by atoms with Gasteiger partial charge in [0.1, 0.15) is 6.61 Å². The van der Waals surface area contributed by atoms with Crippen LogP contribution in [0.1, 0.15) is 5.56 Å². The summed E-state index contributed by atoms with van der Waals surface area (Å²) in [5, 5.41) is 10.2. The zero-order valence-corrected chi connectivity index (χ0v) is 10.5. The molecule has 3 aromatic rings. The Kier molecular flexibility index (Phi) is 3.09. The Morgan fingerprint density at radius 1 is 1.20 bits per heavy atom. The molecule has 0 amide bonds. The summed E-state index contributed by atoms with van der Waals surface area (Å²) in [6.45, 7) is 0.336. The number of fused-ring (bicyclic) bond motifs is 1. The highest BCUT2D eigenvalue weighted by Crippen LogP contribution is 2.29. The van der Waals surface area contributed by atoms with E-state index in [0.29, 0.717) is 23.3 Å². The second-order valence-corrected chi connectivity index (χ2v) is 4.34. The first kappa shape index (κ1) is 12.2. The maximum Gasteiger partial charge on any atom is 0.258 e. The summed E-state index contributed by atoms with van der Waals surface area (Å²) in [5.74, 6) is 0.228. The first-order valence-electron chi connectivity index (χ1n) is 6.11. The summed E-state index contributed by atoms with van der Waals surface area (Å²) >= 11 is 0.